The van der Waals surface area contributed by atoms with Crippen LogP contribution in [0, 0.1) is 43.6 Å². The number of hydrogen-bond acceptors (Lipinski definition) is 2. The SMILES string of the molecule is Cc1cc(C)nc(-n2c3[c-]c(Oc4[c-]c(-n5cc6c7ccc(n6[c]5=[Pt])CCc5ccc(c(C)c5C)CC7)ccc4)ccc3c3cc(-c4ccccc4)ccc32)c1. The first-order valence-corrected chi connectivity index (χ1v) is 20.4. The van der Waals surface area contributed by atoms with Crippen LogP contribution < -0.4 is 4.74 Å². The molecule has 9 aromatic rings. The van der Waals surface area contributed by atoms with Crippen LogP contribution in [0.5, 0.6) is 11.5 Å². The molecule has 13 rings (SSSR count). The Morgan fingerprint density at radius 2 is 1.38 bits per heavy atom. The molecule has 5 aromatic carbocycles. The van der Waals surface area contributed by atoms with Gasteiger partial charge in [-0.3, -0.25) is 0 Å². The van der Waals surface area contributed by atoms with E-state index < -0.39 is 0 Å². The molecule has 278 valence electrons. The Morgan fingerprint density at radius 1 is 0.625 bits per heavy atom. The Kier molecular flexibility index (Phi) is 8.52. The van der Waals surface area contributed by atoms with Crippen molar-refractivity contribution in [2.75, 3.05) is 0 Å². The van der Waals surface area contributed by atoms with Crippen molar-refractivity contribution in [2.45, 2.75) is 53.4 Å². The number of aryl methyl sites for hydroxylation is 6. The molecule has 4 bridgehead atoms. The van der Waals surface area contributed by atoms with Gasteiger partial charge < -0.3 is 0 Å². The van der Waals surface area contributed by atoms with Gasteiger partial charge in [0.2, 0.25) is 0 Å². The second kappa shape index (κ2) is 13.8. The number of ether oxygens (including phenoxy) is 1. The van der Waals surface area contributed by atoms with Crippen molar-refractivity contribution in [3.8, 4) is 34.1 Å². The van der Waals surface area contributed by atoms with E-state index >= 15 is 0 Å². The van der Waals surface area contributed by atoms with Crippen molar-refractivity contribution >= 4 is 27.3 Å². The molecule has 4 aliphatic rings. The molecule has 56 heavy (non-hydrogen) atoms. The van der Waals surface area contributed by atoms with Gasteiger partial charge in [0.05, 0.1) is 0 Å². The number of imidazole rings is 1. The van der Waals surface area contributed by atoms with E-state index in [9.17, 15) is 0 Å². The molecule has 0 radical (unpaired) electrons. The summed E-state index contributed by atoms with van der Waals surface area (Å²) in [4.78, 5) is 4.99. The van der Waals surface area contributed by atoms with Crippen LogP contribution in [0.4, 0.5) is 0 Å². The van der Waals surface area contributed by atoms with E-state index in [4.69, 9.17) is 9.72 Å². The third kappa shape index (κ3) is 5.97. The normalized spacial score (nSPS) is 12.8. The monoisotopic (exact) mass is 907 g/mol. The molecule has 0 spiro atoms. The number of nitrogens with zero attached hydrogens (tertiary/aromatic N) is 4. The van der Waals surface area contributed by atoms with Crippen LogP contribution in [-0.4, -0.2) is 18.5 Å². The number of hydrogen-bond donors (Lipinski definition) is 0. The molecule has 6 heteroatoms. The van der Waals surface area contributed by atoms with E-state index in [1.165, 1.54) is 50.2 Å². The topological polar surface area (TPSA) is 36.4 Å². The van der Waals surface area contributed by atoms with Crippen LogP contribution in [0.2, 0.25) is 0 Å². The molecular weight excluding hydrogens is 868 g/mol. The van der Waals surface area contributed by atoms with Gasteiger partial charge in [-0.25, -0.2) is 0 Å². The molecule has 0 atom stereocenters. The Labute approximate surface area is 337 Å². The Balaban J connectivity index is 1.05. The van der Waals surface area contributed by atoms with Crippen LogP contribution in [0.3, 0.4) is 0 Å². The zero-order valence-electron chi connectivity index (χ0n) is 31.9. The van der Waals surface area contributed by atoms with Crippen molar-refractivity contribution in [3.05, 3.63) is 182 Å². The maximum atomic E-state index is 6.62. The summed E-state index contributed by atoms with van der Waals surface area (Å²) in [5.74, 6) is 2.12. The fourth-order valence-electron chi connectivity index (χ4n) is 8.57. The Morgan fingerprint density at radius 3 is 2.18 bits per heavy atom. The zero-order valence-corrected chi connectivity index (χ0v) is 34.2. The molecule has 0 saturated carbocycles. The quantitative estimate of drug-likeness (QED) is 0.161. The van der Waals surface area contributed by atoms with Crippen molar-refractivity contribution in [1.29, 1.82) is 0 Å². The van der Waals surface area contributed by atoms with Crippen molar-refractivity contribution in [3.63, 3.8) is 0 Å². The van der Waals surface area contributed by atoms with Gasteiger partial charge in [-0.2, -0.15) is 0 Å². The van der Waals surface area contributed by atoms with Gasteiger partial charge in [0.1, 0.15) is 0 Å². The Hall–Kier alpha value is -5.77. The third-order valence-electron chi connectivity index (χ3n) is 11.6. The van der Waals surface area contributed by atoms with E-state index in [0.29, 0.717) is 11.5 Å². The molecule has 2 aliphatic heterocycles. The van der Waals surface area contributed by atoms with Gasteiger partial charge in [0.15, 0.2) is 0 Å². The van der Waals surface area contributed by atoms with E-state index in [0.717, 1.165) is 74.1 Å². The van der Waals surface area contributed by atoms with Crippen molar-refractivity contribution in [1.82, 2.24) is 18.5 Å². The minimum atomic E-state index is 0.622. The molecule has 6 heterocycles. The summed E-state index contributed by atoms with van der Waals surface area (Å²) in [6.07, 6.45) is 6.26. The molecule has 5 nitrogen and oxygen atoms in total. The van der Waals surface area contributed by atoms with Crippen molar-refractivity contribution < 1.29 is 24.1 Å². The fraction of sp³-hybridized carbons (Fsp3) is 0.160. The summed E-state index contributed by atoms with van der Waals surface area (Å²) in [7, 11) is 0. The van der Waals surface area contributed by atoms with Crippen LogP contribution in [0.15, 0.2) is 121 Å². The average molecular weight is 908 g/mol. The summed E-state index contributed by atoms with van der Waals surface area (Å²) < 4.78 is 14.6. The molecule has 0 unspecified atom stereocenters. The summed E-state index contributed by atoms with van der Waals surface area (Å²) >= 11 is 2.48. The predicted octanol–water partition coefficient (Wildman–Crippen LogP) is 11.5. The van der Waals surface area contributed by atoms with Crippen LogP contribution in [0.25, 0.3) is 50.0 Å². The van der Waals surface area contributed by atoms with Gasteiger partial charge in [0, 0.05) is 5.69 Å². The first-order valence-electron chi connectivity index (χ1n) is 19.3. The second-order valence-electron chi connectivity index (χ2n) is 15.1. The standard InChI is InChI=1S/C50H40N4O.Pt/c1-32-25-33(2)51-50(26-32)54-47-24-19-40(38-9-6-5-7-10-38)27-46(47)45-23-22-44(29-48(45)54)55-43-12-8-11-42(28-43)52-30-49-39-16-15-36-13-14-37(35(4)34(36)3)17-20-41(21-18-39)53(49)31-52;/h5-14,18-19,21-27,30H,15-17,20H2,1-4H3;/q-2;. The maximum absolute atomic E-state index is 6.62. The Bertz CT molecular complexity index is 3060. The van der Waals surface area contributed by atoms with Crippen LogP contribution >= 0.6 is 0 Å². The molecule has 0 fully saturated rings. The number of pyridine rings is 2. The van der Waals surface area contributed by atoms with Crippen LogP contribution in [0.1, 0.15) is 44.8 Å². The van der Waals surface area contributed by atoms with E-state index in [2.05, 4.69) is 169 Å². The molecule has 2 aliphatic carbocycles. The average Bonchev–Trinajstić information content (AvgIpc) is 3.72. The summed E-state index contributed by atoms with van der Waals surface area (Å²) in [6.45, 7) is 8.74. The van der Waals surface area contributed by atoms with Crippen LogP contribution in [-0.2, 0) is 45.0 Å². The van der Waals surface area contributed by atoms with Gasteiger partial charge in [-0.1, -0.05) is 36.4 Å². The fourth-order valence-corrected chi connectivity index (χ4v) is 9.59. The first kappa shape index (κ1) is 34.7. The van der Waals surface area contributed by atoms with Gasteiger partial charge >= 0.3 is 261 Å². The first-order chi connectivity index (χ1) is 27.3. The molecule has 4 aromatic heterocycles. The molecule has 0 amide bonds. The summed E-state index contributed by atoms with van der Waals surface area (Å²) in [6, 6.07) is 48.4. The number of aromatic nitrogens is 4. The number of rotatable bonds is 5. The molecule has 0 saturated heterocycles. The minimum absolute atomic E-state index is 0.622. The number of benzene rings is 5. The van der Waals surface area contributed by atoms with Gasteiger partial charge in [-0.05, 0) is 36.6 Å². The number of fused-ring (bicyclic) bond motifs is 3. The van der Waals surface area contributed by atoms with E-state index in [1.54, 1.807) is 0 Å². The van der Waals surface area contributed by atoms with Gasteiger partial charge in [-0.15, -0.1) is 0 Å². The summed E-state index contributed by atoms with van der Waals surface area (Å²) in [5, 5.41) is 2.24. The molecule has 0 N–H and O–H groups in total. The predicted molar refractivity (Wildman–Crippen MR) is 222 cm³/mol. The summed E-state index contributed by atoms with van der Waals surface area (Å²) in [5.41, 5.74) is 17.1. The van der Waals surface area contributed by atoms with Gasteiger partial charge in [0.25, 0.3) is 0 Å². The van der Waals surface area contributed by atoms with E-state index in [-0.39, 0.29) is 0 Å². The second-order valence-corrected chi connectivity index (χ2v) is 16.1. The molecular formula is C50H40N4OPt-2. The zero-order chi connectivity index (χ0) is 38.1. The van der Waals surface area contributed by atoms with E-state index in [1.807, 2.05) is 25.1 Å². The van der Waals surface area contributed by atoms with Crippen molar-refractivity contribution in [2.24, 2.45) is 0 Å². The third-order valence-corrected chi connectivity index (χ3v) is 12.6.